The van der Waals surface area contributed by atoms with Crippen molar-refractivity contribution in [2.75, 3.05) is 32.6 Å². The van der Waals surface area contributed by atoms with Gasteiger partial charge in [-0.25, -0.2) is 13.4 Å². The minimum Gasteiger partial charge on any atom is -0.384 e. The Bertz CT molecular complexity index is 605. The summed E-state index contributed by atoms with van der Waals surface area (Å²) in [4.78, 5) is 17.7. The van der Waals surface area contributed by atoms with Crippen molar-refractivity contribution in [1.82, 2.24) is 9.88 Å². The van der Waals surface area contributed by atoms with E-state index in [1.807, 2.05) is 0 Å². The van der Waals surface area contributed by atoms with Crippen LogP contribution in [0.25, 0.3) is 0 Å². The van der Waals surface area contributed by atoms with Gasteiger partial charge in [-0.1, -0.05) is 0 Å². The topological polar surface area (TPSA) is 76.6 Å². The summed E-state index contributed by atoms with van der Waals surface area (Å²) in [5.74, 6) is -0.00753. The van der Waals surface area contributed by atoms with Gasteiger partial charge in [-0.15, -0.1) is 11.3 Å². The van der Waals surface area contributed by atoms with E-state index in [1.54, 1.807) is 22.9 Å². The van der Waals surface area contributed by atoms with Gasteiger partial charge in [-0.3, -0.25) is 4.79 Å². The molecule has 3 heterocycles. The lowest BCUT2D eigenvalue weighted by molar-refractivity contribution is 0.0333. The minimum atomic E-state index is -3.15. The van der Waals surface area contributed by atoms with E-state index in [2.05, 4.69) is 4.98 Å². The summed E-state index contributed by atoms with van der Waals surface area (Å²) < 4.78 is 28.9. The number of methoxy groups -OCH3 is 1. The molecule has 1 unspecified atom stereocenters. The molecule has 1 amide bonds. The maximum atomic E-state index is 12.3. The SMILES string of the molecule is COCC1CCS(=O)(=O)C12CN(C(=O)c1cscn1)C2. The zero-order chi connectivity index (χ0) is 14.4. The Kier molecular flexibility index (Phi) is 3.34. The van der Waals surface area contributed by atoms with Gasteiger partial charge < -0.3 is 9.64 Å². The predicted octanol–water partition coefficient (Wildman–Crippen LogP) is 0.419. The van der Waals surface area contributed by atoms with Crippen LogP contribution in [0.3, 0.4) is 0 Å². The highest BCUT2D eigenvalue weighted by molar-refractivity contribution is 7.93. The molecule has 110 valence electrons. The molecule has 0 saturated carbocycles. The van der Waals surface area contributed by atoms with Gasteiger partial charge in [0.15, 0.2) is 9.84 Å². The van der Waals surface area contributed by atoms with E-state index in [1.165, 1.54) is 11.3 Å². The van der Waals surface area contributed by atoms with Crippen molar-refractivity contribution in [3.8, 4) is 0 Å². The third-order valence-electron chi connectivity index (χ3n) is 4.32. The molecule has 1 aromatic heterocycles. The van der Waals surface area contributed by atoms with Crippen LogP contribution in [-0.2, 0) is 14.6 Å². The summed E-state index contributed by atoms with van der Waals surface area (Å²) in [6.07, 6.45) is 0.620. The fraction of sp³-hybridized carbons (Fsp3) is 0.667. The van der Waals surface area contributed by atoms with Crippen LogP contribution >= 0.6 is 11.3 Å². The minimum absolute atomic E-state index is 0.0167. The number of amides is 1. The lowest BCUT2D eigenvalue weighted by atomic mass is 9.83. The van der Waals surface area contributed by atoms with Crippen molar-refractivity contribution >= 4 is 27.1 Å². The molecule has 0 aromatic carbocycles. The fourth-order valence-corrected chi connectivity index (χ4v) is 6.06. The van der Waals surface area contributed by atoms with Crippen molar-refractivity contribution in [3.63, 3.8) is 0 Å². The Morgan fingerprint density at radius 3 is 2.95 bits per heavy atom. The van der Waals surface area contributed by atoms with Gasteiger partial charge in [0, 0.05) is 31.5 Å². The lowest BCUT2D eigenvalue weighted by Gasteiger charge is -2.49. The molecule has 2 fully saturated rings. The number of carbonyl (C=O) groups is 1. The van der Waals surface area contributed by atoms with Crippen molar-refractivity contribution in [1.29, 1.82) is 0 Å². The number of aromatic nitrogens is 1. The number of nitrogens with zero attached hydrogens (tertiary/aromatic N) is 2. The number of hydrogen-bond acceptors (Lipinski definition) is 6. The number of carbonyl (C=O) groups excluding carboxylic acids is 1. The van der Waals surface area contributed by atoms with E-state index in [0.29, 0.717) is 18.7 Å². The summed E-state index contributed by atoms with van der Waals surface area (Å²) in [6, 6.07) is 0. The highest BCUT2D eigenvalue weighted by Gasteiger charge is 2.62. The van der Waals surface area contributed by atoms with Gasteiger partial charge in [0.1, 0.15) is 10.4 Å². The molecule has 2 aliphatic rings. The molecule has 8 heteroatoms. The molecule has 6 nitrogen and oxygen atoms in total. The predicted molar refractivity (Wildman–Crippen MR) is 74.5 cm³/mol. The summed E-state index contributed by atoms with van der Waals surface area (Å²) >= 11 is 1.36. The highest BCUT2D eigenvalue weighted by atomic mass is 32.2. The molecule has 0 radical (unpaired) electrons. The third kappa shape index (κ3) is 1.89. The van der Waals surface area contributed by atoms with Crippen LogP contribution in [0.5, 0.6) is 0 Å². The fourth-order valence-electron chi connectivity index (χ4n) is 3.13. The lowest BCUT2D eigenvalue weighted by Crippen LogP contribution is -2.68. The Morgan fingerprint density at radius 2 is 2.35 bits per heavy atom. The number of thiazole rings is 1. The van der Waals surface area contributed by atoms with Crippen LogP contribution in [0.15, 0.2) is 10.9 Å². The summed E-state index contributed by atoms with van der Waals surface area (Å²) in [6.45, 7) is 0.956. The molecule has 0 bridgehead atoms. The molecule has 1 atom stereocenters. The number of likely N-dealkylation sites (tertiary alicyclic amines) is 1. The molecule has 3 rings (SSSR count). The first-order valence-electron chi connectivity index (χ1n) is 6.39. The molecule has 20 heavy (non-hydrogen) atoms. The van der Waals surface area contributed by atoms with Crippen LogP contribution in [-0.4, -0.2) is 61.5 Å². The van der Waals surface area contributed by atoms with E-state index in [0.717, 1.165) is 0 Å². The molecule has 0 aliphatic carbocycles. The average molecular weight is 316 g/mol. The van der Waals surface area contributed by atoms with E-state index in [-0.39, 0.29) is 30.7 Å². The Labute approximate surface area is 121 Å². The van der Waals surface area contributed by atoms with E-state index in [4.69, 9.17) is 4.74 Å². The number of hydrogen-bond donors (Lipinski definition) is 0. The summed E-state index contributed by atoms with van der Waals surface area (Å²) in [5.41, 5.74) is 1.99. The van der Waals surface area contributed by atoms with Gasteiger partial charge >= 0.3 is 0 Å². The molecule has 2 saturated heterocycles. The zero-order valence-corrected chi connectivity index (χ0v) is 12.7. The molecule has 1 aromatic rings. The first-order chi connectivity index (χ1) is 9.50. The molecule has 1 spiro atoms. The Morgan fingerprint density at radius 1 is 1.60 bits per heavy atom. The normalized spacial score (nSPS) is 26.6. The zero-order valence-electron chi connectivity index (χ0n) is 11.1. The molecule has 0 N–H and O–H groups in total. The smallest absolute Gasteiger partial charge is 0.273 e. The second-order valence-corrected chi connectivity index (χ2v) is 8.53. The molecule has 2 aliphatic heterocycles. The second-order valence-electron chi connectivity index (χ2n) is 5.36. The first-order valence-corrected chi connectivity index (χ1v) is 8.98. The average Bonchev–Trinajstić information content (AvgIpc) is 2.94. The van der Waals surface area contributed by atoms with Gasteiger partial charge in [0.25, 0.3) is 5.91 Å². The molecular weight excluding hydrogens is 300 g/mol. The van der Waals surface area contributed by atoms with E-state index >= 15 is 0 Å². The van der Waals surface area contributed by atoms with Crippen molar-refractivity contribution < 1.29 is 17.9 Å². The van der Waals surface area contributed by atoms with E-state index < -0.39 is 14.6 Å². The van der Waals surface area contributed by atoms with E-state index in [9.17, 15) is 13.2 Å². The Hall–Kier alpha value is -0.990. The van der Waals surface area contributed by atoms with Gasteiger partial charge in [0.2, 0.25) is 0 Å². The largest absolute Gasteiger partial charge is 0.384 e. The van der Waals surface area contributed by atoms with Crippen molar-refractivity contribution in [2.45, 2.75) is 11.2 Å². The van der Waals surface area contributed by atoms with Crippen LogP contribution in [0, 0.1) is 5.92 Å². The van der Waals surface area contributed by atoms with Crippen LogP contribution < -0.4 is 0 Å². The summed E-state index contributed by atoms with van der Waals surface area (Å²) in [5, 5.41) is 1.68. The maximum absolute atomic E-state index is 12.3. The van der Waals surface area contributed by atoms with Crippen molar-refractivity contribution in [2.24, 2.45) is 5.92 Å². The monoisotopic (exact) mass is 316 g/mol. The maximum Gasteiger partial charge on any atom is 0.273 e. The number of sulfone groups is 1. The Balaban J connectivity index is 1.78. The number of ether oxygens (including phenoxy) is 1. The molecular formula is C12H16N2O4S2. The van der Waals surface area contributed by atoms with Gasteiger partial charge in [0.05, 0.1) is 17.9 Å². The van der Waals surface area contributed by atoms with Crippen LogP contribution in [0.1, 0.15) is 16.9 Å². The van der Waals surface area contributed by atoms with Crippen LogP contribution in [0.2, 0.25) is 0 Å². The number of rotatable bonds is 3. The first kappa shape index (κ1) is 14.0. The second kappa shape index (κ2) is 4.78. The van der Waals surface area contributed by atoms with Crippen LogP contribution in [0.4, 0.5) is 0 Å². The van der Waals surface area contributed by atoms with Crippen molar-refractivity contribution in [3.05, 3.63) is 16.6 Å². The quantitative estimate of drug-likeness (QED) is 0.808. The third-order valence-corrected chi connectivity index (χ3v) is 7.51. The van der Waals surface area contributed by atoms with Gasteiger partial charge in [-0.05, 0) is 6.42 Å². The van der Waals surface area contributed by atoms with Gasteiger partial charge in [-0.2, -0.15) is 0 Å². The summed E-state index contributed by atoms with van der Waals surface area (Å²) in [7, 11) is -1.57. The standard InChI is InChI=1S/C12H16N2O4S2/c1-18-4-9-2-3-20(16,17)12(9)6-14(7-12)11(15)10-5-19-8-13-10/h5,8-9H,2-4,6-7H2,1H3. The highest BCUT2D eigenvalue weighted by Crippen LogP contribution is 2.45.